The van der Waals surface area contributed by atoms with Crippen LogP contribution in [0.1, 0.15) is 24.2 Å². The van der Waals surface area contributed by atoms with Crippen molar-refractivity contribution in [1.82, 2.24) is 0 Å². The smallest absolute Gasteiger partial charge is 0.270 e. The van der Waals surface area contributed by atoms with Gasteiger partial charge in [-0.05, 0) is 19.9 Å². The molecular weight excluding hydrogens is 246 g/mol. The van der Waals surface area contributed by atoms with E-state index in [1.54, 1.807) is 13.0 Å². The van der Waals surface area contributed by atoms with Gasteiger partial charge < -0.3 is 4.90 Å². The number of hydrogen-bond donors (Lipinski definition) is 0. The normalized spacial score (nSPS) is 11.4. The van der Waals surface area contributed by atoms with E-state index in [9.17, 15) is 14.9 Å². The molecular formula is C13H15N3O3. The van der Waals surface area contributed by atoms with Gasteiger partial charge in [0.25, 0.3) is 5.69 Å². The molecule has 1 aromatic carbocycles. The van der Waals surface area contributed by atoms with Crippen molar-refractivity contribution in [2.24, 2.45) is 5.92 Å². The Balaban J connectivity index is 3.14. The van der Waals surface area contributed by atoms with E-state index in [2.05, 4.69) is 6.07 Å². The molecule has 1 rings (SSSR count). The maximum absolute atomic E-state index is 11.1. The highest BCUT2D eigenvalue weighted by Crippen LogP contribution is 2.24. The summed E-state index contributed by atoms with van der Waals surface area (Å²) in [5.41, 5.74) is 0.765. The first kappa shape index (κ1) is 14.6. The van der Waals surface area contributed by atoms with E-state index in [0.717, 1.165) is 0 Å². The second-order valence-corrected chi connectivity index (χ2v) is 4.19. The van der Waals surface area contributed by atoms with Gasteiger partial charge in [-0.3, -0.25) is 14.9 Å². The zero-order valence-electron chi connectivity index (χ0n) is 10.9. The predicted molar refractivity (Wildman–Crippen MR) is 71.1 cm³/mol. The zero-order valence-corrected chi connectivity index (χ0v) is 10.9. The standard InChI is InChI=1S/C13H15N3O3/c1-3-15(8-10(2)7-14)13-5-4-12(16(18)19)6-11(13)9-17/h4-6,9-10H,3,8H2,1-2H3. The molecule has 0 amide bonds. The Morgan fingerprint density at radius 3 is 2.74 bits per heavy atom. The number of rotatable bonds is 6. The monoisotopic (exact) mass is 261 g/mol. The summed E-state index contributed by atoms with van der Waals surface area (Å²) in [5, 5.41) is 19.5. The zero-order chi connectivity index (χ0) is 14.4. The lowest BCUT2D eigenvalue weighted by atomic mass is 10.1. The van der Waals surface area contributed by atoms with Crippen molar-refractivity contribution in [3.63, 3.8) is 0 Å². The molecule has 1 unspecified atom stereocenters. The molecule has 1 atom stereocenters. The van der Waals surface area contributed by atoms with Crippen LogP contribution in [0.4, 0.5) is 11.4 Å². The third-order valence-electron chi connectivity index (χ3n) is 2.79. The number of nitrogens with zero attached hydrogens (tertiary/aromatic N) is 3. The van der Waals surface area contributed by atoms with Crippen LogP contribution < -0.4 is 4.90 Å². The molecule has 6 heteroatoms. The van der Waals surface area contributed by atoms with Crippen molar-refractivity contribution in [3.8, 4) is 6.07 Å². The van der Waals surface area contributed by atoms with Crippen LogP contribution in [0.15, 0.2) is 18.2 Å². The molecule has 0 aliphatic rings. The number of non-ortho nitro benzene ring substituents is 1. The van der Waals surface area contributed by atoms with Gasteiger partial charge in [-0.15, -0.1) is 0 Å². The Labute approximate surface area is 111 Å². The molecule has 0 aromatic heterocycles. The van der Waals surface area contributed by atoms with Crippen LogP contribution in [-0.4, -0.2) is 24.3 Å². The summed E-state index contributed by atoms with van der Waals surface area (Å²) >= 11 is 0. The van der Waals surface area contributed by atoms with Crippen LogP contribution >= 0.6 is 0 Å². The number of aldehydes is 1. The Bertz CT molecular complexity index is 522. The first-order chi connectivity index (χ1) is 9.03. The van der Waals surface area contributed by atoms with Crippen LogP contribution in [0.2, 0.25) is 0 Å². The summed E-state index contributed by atoms with van der Waals surface area (Å²) in [7, 11) is 0. The fraction of sp³-hybridized carbons (Fsp3) is 0.385. The Hall–Kier alpha value is -2.42. The molecule has 0 fully saturated rings. The molecule has 0 saturated carbocycles. The minimum atomic E-state index is -0.537. The number of carbonyl (C=O) groups is 1. The SMILES string of the molecule is CCN(CC(C)C#N)c1ccc([N+](=O)[O-])cc1C=O. The number of nitro groups is 1. The lowest BCUT2D eigenvalue weighted by Gasteiger charge is -2.25. The molecule has 0 spiro atoms. The van der Waals surface area contributed by atoms with Crippen molar-refractivity contribution in [3.05, 3.63) is 33.9 Å². The Kier molecular flexibility index (Phi) is 5.01. The lowest BCUT2D eigenvalue weighted by molar-refractivity contribution is -0.384. The maximum Gasteiger partial charge on any atom is 0.270 e. The van der Waals surface area contributed by atoms with Crippen molar-refractivity contribution < 1.29 is 9.72 Å². The highest BCUT2D eigenvalue weighted by atomic mass is 16.6. The number of benzene rings is 1. The van der Waals surface area contributed by atoms with Crippen LogP contribution in [0, 0.1) is 27.4 Å². The van der Waals surface area contributed by atoms with Crippen molar-refractivity contribution in [2.45, 2.75) is 13.8 Å². The third-order valence-corrected chi connectivity index (χ3v) is 2.79. The second kappa shape index (κ2) is 6.50. The van der Waals surface area contributed by atoms with Crippen LogP contribution in [0.5, 0.6) is 0 Å². The van der Waals surface area contributed by atoms with E-state index in [0.29, 0.717) is 25.1 Å². The van der Waals surface area contributed by atoms with Crippen molar-refractivity contribution in [2.75, 3.05) is 18.0 Å². The molecule has 0 bridgehead atoms. The minimum Gasteiger partial charge on any atom is -0.370 e. The lowest BCUT2D eigenvalue weighted by Crippen LogP contribution is -2.28. The molecule has 19 heavy (non-hydrogen) atoms. The molecule has 0 heterocycles. The van der Waals surface area contributed by atoms with Gasteiger partial charge >= 0.3 is 0 Å². The first-order valence-corrected chi connectivity index (χ1v) is 5.91. The van der Waals surface area contributed by atoms with Crippen LogP contribution in [0.3, 0.4) is 0 Å². The average molecular weight is 261 g/mol. The molecule has 6 nitrogen and oxygen atoms in total. The van der Waals surface area contributed by atoms with E-state index >= 15 is 0 Å². The summed E-state index contributed by atoms with van der Waals surface area (Å²) in [6.07, 6.45) is 0.599. The number of carbonyl (C=O) groups excluding carboxylic acids is 1. The van der Waals surface area contributed by atoms with E-state index < -0.39 is 4.92 Å². The number of anilines is 1. The summed E-state index contributed by atoms with van der Waals surface area (Å²) < 4.78 is 0. The van der Waals surface area contributed by atoms with Gasteiger partial charge in [0.15, 0.2) is 6.29 Å². The van der Waals surface area contributed by atoms with E-state index in [1.807, 2.05) is 11.8 Å². The quantitative estimate of drug-likeness (QED) is 0.445. The molecule has 100 valence electrons. The minimum absolute atomic E-state index is 0.116. The number of nitriles is 1. The van der Waals surface area contributed by atoms with Crippen LogP contribution in [-0.2, 0) is 0 Å². The summed E-state index contributed by atoms with van der Waals surface area (Å²) in [6, 6.07) is 6.29. The topological polar surface area (TPSA) is 87.2 Å². The largest absolute Gasteiger partial charge is 0.370 e. The summed E-state index contributed by atoms with van der Waals surface area (Å²) in [5.74, 6) is -0.186. The molecule has 0 aliphatic carbocycles. The van der Waals surface area contributed by atoms with E-state index in [4.69, 9.17) is 5.26 Å². The van der Waals surface area contributed by atoms with Crippen molar-refractivity contribution >= 4 is 17.7 Å². The van der Waals surface area contributed by atoms with Gasteiger partial charge in [-0.1, -0.05) is 0 Å². The van der Waals surface area contributed by atoms with Gasteiger partial charge in [-0.25, -0.2) is 0 Å². The maximum atomic E-state index is 11.1. The Morgan fingerprint density at radius 1 is 1.58 bits per heavy atom. The molecule has 1 aromatic rings. The predicted octanol–water partition coefficient (Wildman–Crippen LogP) is 2.39. The highest BCUT2D eigenvalue weighted by Gasteiger charge is 2.16. The van der Waals surface area contributed by atoms with Crippen molar-refractivity contribution in [1.29, 1.82) is 5.26 Å². The van der Waals surface area contributed by atoms with E-state index in [1.165, 1.54) is 12.1 Å². The van der Waals surface area contributed by atoms with Gasteiger partial charge in [0.05, 0.1) is 16.9 Å². The molecule has 0 saturated heterocycles. The van der Waals surface area contributed by atoms with Crippen LogP contribution in [0.25, 0.3) is 0 Å². The second-order valence-electron chi connectivity index (χ2n) is 4.19. The first-order valence-electron chi connectivity index (χ1n) is 5.91. The summed E-state index contributed by atoms with van der Waals surface area (Å²) in [6.45, 7) is 4.78. The molecule has 0 aliphatic heterocycles. The molecule has 0 N–H and O–H groups in total. The fourth-order valence-corrected chi connectivity index (χ4v) is 1.81. The van der Waals surface area contributed by atoms with Gasteiger partial charge in [0.1, 0.15) is 0 Å². The highest BCUT2D eigenvalue weighted by molar-refractivity contribution is 5.86. The van der Waals surface area contributed by atoms with Gasteiger partial charge in [-0.2, -0.15) is 5.26 Å². The molecule has 0 radical (unpaired) electrons. The fourth-order valence-electron chi connectivity index (χ4n) is 1.81. The number of hydrogen-bond acceptors (Lipinski definition) is 5. The average Bonchev–Trinajstić information content (AvgIpc) is 2.43. The van der Waals surface area contributed by atoms with E-state index in [-0.39, 0.29) is 17.2 Å². The third kappa shape index (κ3) is 3.52. The van der Waals surface area contributed by atoms with Gasteiger partial charge in [0, 0.05) is 36.5 Å². The Morgan fingerprint density at radius 2 is 2.26 bits per heavy atom. The van der Waals surface area contributed by atoms with Gasteiger partial charge in [0.2, 0.25) is 0 Å². The summed E-state index contributed by atoms with van der Waals surface area (Å²) in [4.78, 5) is 23.1. The number of nitro benzene ring substituents is 1.